The molecule has 0 saturated carbocycles. The number of para-hydroxylation sites is 1. The maximum atomic E-state index is 11.5. The van der Waals surface area contributed by atoms with E-state index in [-0.39, 0.29) is 40.0 Å². The molecule has 0 bridgehead atoms. The van der Waals surface area contributed by atoms with E-state index < -0.39 is 37.0 Å². The molecule has 5 atom stereocenters. The number of anilines is 1. The quantitative estimate of drug-likeness (QED) is 0.130. The van der Waals surface area contributed by atoms with Crippen molar-refractivity contribution in [3.63, 3.8) is 0 Å². The molecule has 1 saturated heterocycles. The smallest absolute Gasteiger partial charge is 0.304 e. The normalized spacial score (nSPS) is 26.1. The van der Waals surface area contributed by atoms with Gasteiger partial charge in [-0.3, -0.25) is 4.57 Å². The van der Waals surface area contributed by atoms with Gasteiger partial charge in [0.1, 0.15) is 24.3 Å². The number of nitrogens with one attached hydrogen (secondary N) is 1. The first-order chi connectivity index (χ1) is 20.0. The summed E-state index contributed by atoms with van der Waals surface area (Å²) in [5.74, 6) is -2.18. The lowest BCUT2D eigenvalue weighted by Crippen LogP contribution is -2.55. The topological polar surface area (TPSA) is 209 Å². The first-order valence-electron chi connectivity index (χ1n) is 13.2. The number of hydrogen-bond acceptors (Lipinski definition) is 13. The van der Waals surface area contributed by atoms with Gasteiger partial charge in [0.15, 0.2) is 16.8 Å². The molecule has 0 amide bonds. The second-order valence-electron chi connectivity index (χ2n) is 11.3. The molecule has 1 aliphatic heterocycles. The van der Waals surface area contributed by atoms with Crippen LogP contribution in [0.4, 0.5) is 5.95 Å². The zero-order chi connectivity index (χ0) is 31.8. The fourth-order valence-electron chi connectivity index (χ4n) is 4.19. The van der Waals surface area contributed by atoms with E-state index in [4.69, 9.17) is 41.0 Å². The summed E-state index contributed by atoms with van der Waals surface area (Å²) in [6.07, 6.45) is -1.95. The van der Waals surface area contributed by atoms with Crippen molar-refractivity contribution < 1.29 is 43.7 Å². The van der Waals surface area contributed by atoms with Crippen LogP contribution < -0.4 is 20.3 Å². The summed E-state index contributed by atoms with van der Waals surface area (Å²) in [7, 11) is 1.35. The van der Waals surface area contributed by atoms with E-state index in [1.807, 2.05) is 26.8 Å². The SMILES string of the molecule is COc1nc(N)nc2c1ncn2[C@@]1(O)O[C@H](CO[P@](O)(=S)NC(C)=C(OCC(C)(C)C)Oc2ccccc2)[C@@H](O)[C@@]1(C)O. The number of hydrogen-bond donors (Lipinski definition) is 6. The monoisotopic (exact) mass is 640 g/mol. The number of nitrogen functional groups attached to an aromatic ring is 1. The largest absolute Gasteiger partial charge is 0.479 e. The third-order valence-electron chi connectivity index (χ3n) is 6.42. The Morgan fingerprint density at radius 1 is 1.23 bits per heavy atom. The summed E-state index contributed by atoms with van der Waals surface area (Å²) in [4.78, 5) is 23.1. The number of fused-ring (bicyclic) bond motifs is 1. The molecule has 15 nitrogen and oxygen atoms in total. The molecule has 1 aromatic carbocycles. The number of methoxy groups -OCH3 is 1. The van der Waals surface area contributed by atoms with Crippen molar-refractivity contribution in [3.8, 4) is 11.6 Å². The van der Waals surface area contributed by atoms with Gasteiger partial charge < -0.3 is 54.5 Å². The molecule has 236 valence electrons. The highest BCUT2D eigenvalue weighted by Crippen LogP contribution is 2.46. The van der Waals surface area contributed by atoms with Crippen molar-refractivity contribution in [1.82, 2.24) is 24.6 Å². The molecule has 1 fully saturated rings. The van der Waals surface area contributed by atoms with E-state index in [0.29, 0.717) is 12.4 Å². The van der Waals surface area contributed by atoms with E-state index in [0.717, 1.165) is 17.8 Å². The van der Waals surface area contributed by atoms with Crippen LogP contribution in [0.3, 0.4) is 0 Å². The average Bonchev–Trinajstić information content (AvgIpc) is 3.42. The zero-order valence-corrected chi connectivity index (χ0v) is 26.3. The summed E-state index contributed by atoms with van der Waals surface area (Å²) >= 11 is 5.30. The van der Waals surface area contributed by atoms with Gasteiger partial charge in [-0.2, -0.15) is 9.97 Å². The number of imidazole rings is 1. The highest BCUT2D eigenvalue weighted by Gasteiger charge is 2.64. The number of aliphatic hydroxyl groups excluding tert-OH is 1. The Kier molecular flexibility index (Phi) is 9.26. The highest BCUT2D eigenvalue weighted by atomic mass is 32.5. The van der Waals surface area contributed by atoms with Gasteiger partial charge in [-0.15, -0.1) is 0 Å². The molecule has 4 rings (SSSR count). The van der Waals surface area contributed by atoms with E-state index >= 15 is 0 Å². The van der Waals surface area contributed by atoms with Crippen LogP contribution >= 0.6 is 6.64 Å². The van der Waals surface area contributed by atoms with Crippen LogP contribution in [-0.2, 0) is 31.7 Å². The first-order valence-corrected chi connectivity index (χ1v) is 15.8. The van der Waals surface area contributed by atoms with Gasteiger partial charge in [-0.05, 0) is 43.2 Å². The number of nitrogens with zero attached hydrogens (tertiary/aromatic N) is 4. The van der Waals surface area contributed by atoms with Gasteiger partial charge in [0.25, 0.3) is 12.6 Å². The van der Waals surface area contributed by atoms with Crippen LogP contribution in [0.5, 0.6) is 11.6 Å². The molecule has 17 heteroatoms. The molecule has 0 radical (unpaired) electrons. The fraction of sp³-hybridized carbons (Fsp3) is 0.500. The summed E-state index contributed by atoms with van der Waals surface area (Å²) in [5.41, 5.74) is 3.60. The van der Waals surface area contributed by atoms with Crippen molar-refractivity contribution >= 4 is 35.6 Å². The van der Waals surface area contributed by atoms with E-state index in [1.165, 1.54) is 7.11 Å². The number of rotatable bonds is 11. The second kappa shape index (κ2) is 12.1. The molecule has 43 heavy (non-hydrogen) atoms. The summed E-state index contributed by atoms with van der Waals surface area (Å²) in [6, 6.07) is 8.92. The molecule has 0 unspecified atom stereocenters. The summed E-state index contributed by atoms with van der Waals surface area (Å²) in [5, 5.41) is 36.4. The number of ether oxygens (including phenoxy) is 4. The van der Waals surface area contributed by atoms with Gasteiger partial charge in [-0.25, -0.2) is 4.98 Å². The lowest BCUT2D eigenvalue weighted by Gasteiger charge is -2.34. The maximum absolute atomic E-state index is 11.5. The predicted octanol–water partition coefficient (Wildman–Crippen LogP) is 1.68. The minimum Gasteiger partial charge on any atom is -0.479 e. The molecule has 0 spiro atoms. The van der Waals surface area contributed by atoms with Crippen LogP contribution in [-0.4, -0.2) is 77.9 Å². The molecular formula is C26H37N6O9PS. The van der Waals surface area contributed by atoms with Crippen molar-refractivity contribution in [2.24, 2.45) is 5.41 Å². The van der Waals surface area contributed by atoms with Gasteiger partial charge in [0.2, 0.25) is 11.8 Å². The zero-order valence-electron chi connectivity index (χ0n) is 24.6. The Hall–Kier alpha value is -3.08. The molecule has 1 aliphatic rings. The minimum atomic E-state index is -3.81. The fourth-order valence-corrected chi connectivity index (χ4v) is 5.71. The van der Waals surface area contributed by atoms with Crippen molar-refractivity contribution in [2.45, 2.75) is 58.3 Å². The lowest BCUT2D eigenvalue weighted by molar-refractivity contribution is -0.317. The number of aliphatic hydroxyl groups is 3. The van der Waals surface area contributed by atoms with Crippen LogP contribution in [0.2, 0.25) is 0 Å². The Morgan fingerprint density at radius 2 is 1.91 bits per heavy atom. The molecule has 0 aliphatic carbocycles. The van der Waals surface area contributed by atoms with E-state index in [1.54, 1.807) is 31.2 Å². The predicted molar refractivity (Wildman–Crippen MR) is 159 cm³/mol. The van der Waals surface area contributed by atoms with Crippen molar-refractivity contribution in [2.75, 3.05) is 26.1 Å². The molecule has 3 aromatic rings. The standard InChI is InChI=1S/C26H37N6O9PS/c1-15(22(38-13-24(2,3)4)40-16-10-8-7-9-11-16)31-42(36,43)39-12-17-19(33)25(5,34)26(35,41-17)32-14-28-18-20(32)29-23(27)30-21(18)37-6/h7-11,14,17,19,33-35H,12-13H2,1-6H3,(H2,27,29,30)(H2,31,36,43)/t17-,19-,25-,26+,42+/m1/s1. The van der Waals surface area contributed by atoms with E-state index in [2.05, 4.69) is 20.0 Å². The van der Waals surface area contributed by atoms with Crippen LogP contribution in [0, 0.1) is 5.41 Å². The Bertz CT molecular complexity index is 1530. The van der Waals surface area contributed by atoms with Gasteiger partial charge in [0, 0.05) is 0 Å². The van der Waals surface area contributed by atoms with Gasteiger partial charge in [0.05, 0.1) is 26.0 Å². The Morgan fingerprint density at radius 3 is 2.53 bits per heavy atom. The molecule has 2 aromatic heterocycles. The van der Waals surface area contributed by atoms with Crippen LogP contribution in [0.1, 0.15) is 34.6 Å². The van der Waals surface area contributed by atoms with Crippen molar-refractivity contribution in [1.29, 1.82) is 0 Å². The van der Waals surface area contributed by atoms with Crippen LogP contribution in [0.25, 0.3) is 11.2 Å². The number of nitrogens with two attached hydrogens (primary N) is 1. The number of aromatic nitrogens is 4. The van der Waals surface area contributed by atoms with E-state index in [9.17, 15) is 20.2 Å². The van der Waals surface area contributed by atoms with Crippen molar-refractivity contribution in [3.05, 3.63) is 48.3 Å². The summed E-state index contributed by atoms with van der Waals surface area (Å²) in [6.45, 7) is 4.68. The first kappa shape index (κ1) is 32.8. The van der Waals surface area contributed by atoms with Crippen LogP contribution in [0.15, 0.2) is 48.3 Å². The summed E-state index contributed by atoms with van der Waals surface area (Å²) < 4.78 is 29.3. The number of benzene rings is 1. The molecular weight excluding hydrogens is 603 g/mol. The maximum Gasteiger partial charge on any atom is 0.304 e. The van der Waals surface area contributed by atoms with Gasteiger partial charge >= 0.3 is 5.95 Å². The minimum absolute atomic E-state index is 0.0282. The third kappa shape index (κ3) is 7.02. The third-order valence-corrected chi connectivity index (χ3v) is 8.13. The number of allylic oxidation sites excluding steroid dienone is 1. The van der Waals surface area contributed by atoms with Gasteiger partial charge in [-0.1, -0.05) is 39.0 Å². The highest BCUT2D eigenvalue weighted by molar-refractivity contribution is 8.08. The molecule has 7 N–H and O–H groups in total. The Balaban J connectivity index is 1.53. The average molecular weight is 641 g/mol. The Labute approximate surface area is 253 Å². The molecule has 3 heterocycles. The second-order valence-corrected chi connectivity index (χ2v) is 14.3. The lowest BCUT2D eigenvalue weighted by atomic mass is 9.94.